The molecule has 168 valence electrons. The van der Waals surface area contributed by atoms with Gasteiger partial charge in [-0.1, -0.05) is 53.7 Å². The summed E-state index contributed by atoms with van der Waals surface area (Å²) >= 11 is 0. The van der Waals surface area contributed by atoms with Gasteiger partial charge in [0.25, 0.3) is 15.9 Å². The predicted molar refractivity (Wildman–Crippen MR) is 128 cm³/mol. The molecule has 0 saturated carbocycles. The first kappa shape index (κ1) is 22.3. The lowest BCUT2D eigenvalue weighted by atomic mass is 10.1. The average molecular weight is 462 g/mol. The molecular formula is C25H23N3O4S. The first-order valence-electron chi connectivity index (χ1n) is 10.3. The Morgan fingerprint density at radius 2 is 1.48 bits per heavy atom. The van der Waals surface area contributed by atoms with E-state index in [9.17, 15) is 13.2 Å². The van der Waals surface area contributed by atoms with Crippen LogP contribution in [0, 0.1) is 20.8 Å². The molecule has 0 radical (unpaired) electrons. The smallest absolute Gasteiger partial charge is 0.261 e. The number of amides is 1. The van der Waals surface area contributed by atoms with Crippen molar-refractivity contribution in [2.24, 2.45) is 0 Å². The summed E-state index contributed by atoms with van der Waals surface area (Å²) in [4.78, 5) is 13.0. The van der Waals surface area contributed by atoms with Crippen LogP contribution in [0.5, 0.6) is 0 Å². The molecule has 4 aromatic rings. The van der Waals surface area contributed by atoms with E-state index in [-0.39, 0.29) is 4.90 Å². The van der Waals surface area contributed by atoms with Crippen LogP contribution in [0.4, 0.5) is 11.4 Å². The van der Waals surface area contributed by atoms with Crippen molar-refractivity contribution in [3.8, 4) is 11.3 Å². The second-order valence-electron chi connectivity index (χ2n) is 7.68. The summed E-state index contributed by atoms with van der Waals surface area (Å²) in [6.07, 6.45) is 0. The van der Waals surface area contributed by atoms with E-state index in [0.717, 1.165) is 16.7 Å². The molecule has 3 aromatic carbocycles. The van der Waals surface area contributed by atoms with Crippen molar-refractivity contribution < 1.29 is 17.7 Å². The Morgan fingerprint density at radius 3 is 2.12 bits per heavy atom. The molecule has 0 aliphatic carbocycles. The molecule has 33 heavy (non-hydrogen) atoms. The highest BCUT2D eigenvalue weighted by atomic mass is 32.2. The fourth-order valence-electron chi connectivity index (χ4n) is 3.51. The Morgan fingerprint density at radius 1 is 0.848 bits per heavy atom. The van der Waals surface area contributed by atoms with Gasteiger partial charge >= 0.3 is 0 Å². The monoisotopic (exact) mass is 461 g/mol. The molecule has 2 N–H and O–H groups in total. The first-order valence-corrected chi connectivity index (χ1v) is 11.8. The van der Waals surface area contributed by atoms with Gasteiger partial charge in [-0.2, -0.15) is 0 Å². The van der Waals surface area contributed by atoms with E-state index < -0.39 is 15.9 Å². The molecule has 0 spiro atoms. The Bertz CT molecular complexity index is 1390. The molecule has 1 heterocycles. The number of nitrogens with one attached hydrogen (secondary N) is 2. The van der Waals surface area contributed by atoms with E-state index in [1.165, 1.54) is 12.1 Å². The second-order valence-corrected chi connectivity index (χ2v) is 9.36. The lowest BCUT2D eigenvalue weighted by Gasteiger charge is -2.13. The minimum atomic E-state index is -3.78. The van der Waals surface area contributed by atoms with Gasteiger partial charge in [0.05, 0.1) is 10.6 Å². The molecule has 0 bridgehead atoms. The zero-order valence-corrected chi connectivity index (χ0v) is 19.2. The summed E-state index contributed by atoms with van der Waals surface area (Å²) in [7, 11) is -3.78. The number of para-hydroxylation sites is 1. The Hall–Kier alpha value is -3.91. The number of rotatable bonds is 6. The van der Waals surface area contributed by atoms with Crippen molar-refractivity contribution in [2.75, 3.05) is 10.0 Å². The topological polar surface area (TPSA) is 101 Å². The normalized spacial score (nSPS) is 11.2. The molecule has 0 fully saturated rings. The lowest BCUT2D eigenvalue weighted by Crippen LogP contribution is -2.16. The maximum Gasteiger partial charge on any atom is 0.261 e. The molecule has 0 unspecified atom stereocenters. The quantitative estimate of drug-likeness (QED) is 0.405. The largest absolute Gasteiger partial charge is 0.360 e. The van der Waals surface area contributed by atoms with Crippen molar-refractivity contribution in [2.45, 2.75) is 25.7 Å². The van der Waals surface area contributed by atoms with E-state index in [1.807, 2.05) is 62.4 Å². The third-order valence-corrected chi connectivity index (χ3v) is 6.64. The van der Waals surface area contributed by atoms with Gasteiger partial charge in [0.2, 0.25) is 0 Å². The van der Waals surface area contributed by atoms with Crippen molar-refractivity contribution in [3.05, 3.63) is 95.2 Å². The van der Waals surface area contributed by atoms with Gasteiger partial charge in [0.1, 0.15) is 17.0 Å². The molecule has 0 saturated heterocycles. The standard InChI is InChI=1S/C25H23N3O4S/c1-16-8-7-9-17(2)23(16)28-33(30,31)21-14-12-20(13-15-21)26-25(29)22-18(3)32-27-24(22)19-10-5-4-6-11-19/h4-15,28H,1-3H3,(H,26,29). The van der Waals surface area contributed by atoms with Gasteiger partial charge in [0, 0.05) is 11.3 Å². The molecule has 4 rings (SSSR count). The maximum atomic E-state index is 12.9. The second kappa shape index (κ2) is 8.91. The SMILES string of the molecule is Cc1cccc(C)c1NS(=O)(=O)c1ccc(NC(=O)c2c(-c3ccccc3)noc2C)cc1. The van der Waals surface area contributed by atoms with Crippen LogP contribution in [-0.2, 0) is 10.0 Å². The summed E-state index contributed by atoms with van der Waals surface area (Å²) in [5.74, 6) is 0.000206. The molecule has 8 heteroatoms. The van der Waals surface area contributed by atoms with Gasteiger partial charge in [0.15, 0.2) is 0 Å². The lowest BCUT2D eigenvalue weighted by molar-refractivity contribution is 0.102. The van der Waals surface area contributed by atoms with Gasteiger partial charge in [-0.25, -0.2) is 8.42 Å². The van der Waals surface area contributed by atoms with Crippen molar-refractivity contribution in [1.82, 2.24) is 5.16 Å². The van der Waals surface area contributed by atoms with E-state index in [4.69, 9.17) is 4.52 Å². The van der Waals surface area contributed by atoms with E-state index in [2.05, 4.69) is 15.2 Å². The number of hydrogen-bond acceptors (Lipinski definition) is 5. The Balaban J connectivity index is 1.54. The average Bonchev–Trinajstić information content (AvgIpc) is 3.19. The summed E-state index contributed by atoms with van der Waals surface area (Å²) < 4.78 is 33.6. The molecule has 0 aliphatic heterocycles. The fourth-order valence-corrected chi connectivity index (χ4v) is 4.72. The fraction of sp³-hybridized carbons (Fsp3) is 0.120. The van der Waals surface area contributed by atoms with Gasteiger partial charge in [-0.05, 0) is 56.2 Å². The van der Waals surface area contributed by atoms with E-state index >= 15 is 0 Å². The first-order chi connectivity index (χ1) is 15.8. The highest BCUT2D eigenvalue weighted by Crippen LogP contribution is 2.27. The van der Waals surface area contributed by atoms with Crippen molar-refractivity contribution in [1.29, 1.82) is 0 Å². The number of aryl methyl sites for hydroxylation is 3. The van der Waals surface area contributed by atoms with Crippen LogP contribution in [0.25, 0.3) is 11.3 Å². The highest BCUT2D eigenvalue weighted by molar-refractivity contribution is 7.92. The third-order valence-electron chi connectivity index (χ3n) is 5.28. The Kier molecular flexibility index (Phi) is 6.02. The number of nitrogens with zero attached hydrogens (tertiary/aromatic N) is 1. The van der Waals surface area contributed by atoms with Crippen LogP contribution in [0.1, 0.15) is 27.2 Å². The summed E-state index contributed by atoms with van der Waals surface area (Å²) in [5.41, 5.74) is 4.22. The number of carbonyl (C=O) groups excluding carboxylic acids is 1. The highest BCUT2D eigenvalue weighted by Gasteiger charge is 2.22. The third kappa shape index (κ3) is 4.65. The van der Waals surface area contributed by atoms with Crippen molar-refractivity contribution in [3.63, 3.8) is 0 Å². The molecular weight excluding hydrogens is 438 g/mol. The minimum absolute atomic E-state index is 0.0919. The molecule has 7 nitrogen and oxygen atoms in total. The summed E-state index contributed by atoms with van der Waals surface area (Å²) in [6.45, 7) is 5.36. The predicted octanol–water partition coefficient (Wildman–Crippen LogP) is 5.32. The van der Waals surface area contributed by atoms with E-state index in [0.29, 0.717) is 28.4 Å². The number of anilines is 2. The van der Waals surface area contributed by atoms with Crippen molar-refractivity contribution >= 4 is 27.3 Å². The van der Waals surface area contributed by atoms with Crippen LogP contribution in [0.2, 0.25) is 0 Å². The van der Waals surface area contributed by atoms with Crippen LogP contribution >= 0.6 is 0 Å². The van der Waals surface area contributed by atoms with E-state index in [1.54, 1.807) is 19.1 Å². The van der Waals surface area contributed by atoms with Crippen LogP contribution < -0.4 is 10.0 Å². The molecule has 1 amide bonds. The zero-order chi connectivity index (χ0) is 23.6. The Labute approximate surface area is 192 Å². The number of hydrogen-bond donors (Lipinski definition) is 2. The number of sulfonamides is 1. The van der Waals surface area contributed by atoms with Gasteiger partial charge in [-0.15, -0.1) is 0 Å². The molecule has 1 aromatic heterocycles. The van der Waals surface area contributed by atoms with Gasteiger partial charge in [-0.3, -0.25) is 9.52 Å². The minimum Gasteiger partial charge on any atom is -0.360 e. The van der Waals surface area contributed by atoms with Crippen LogP contribution in [0.3, 0.4) is 0 Å². The summed E-state index contributed by atoms with van der Waals surface area (Å²) in [5, 5.41) is 6.81. The van der Waals surface area contributed by atoms with Crippen LogP contribution in [0.15, 0.2) is 82.2 Å². The zero-order valence-electron chi connectivity index (χ0n) is 18.4. The number of carbonyl (C=O) groups is 1. The van der Waals surface area contributed by atoms with Crippen LogP contribution in [-0.4, -0.2) is 19.5 Å². The number of benzene rings is 3. The number of aromatic nitrogens is 1. The molecule has 0 atom stereocenters. The van der Waals surface area contributed by atoms with Gasteiger partial charge < -0.3 is 9.84 Å². The molecule has 0 aliphatic rings. The summed E-state index contributed by atoms with van der Waals surface area (Å²) in [6, 6.07) is 20.8. The maximum absolute atomic E-state index is 12.9.